The summed E-state index contributed by atoms with van der Waals surface area (Å²) in [5.41, 5.74) is 8.80. The molecule has 1 aliphatic heterocycles. The summed E-state index contributed by atoms with van der Waals surface area (Å²) in [6.45, 7) is 6.88. The number of nitrogens with two attached hydrogens (primary N) is 1. The molecular weight excluding hydrogens is 236 g/mol. The Kier molecular flexibility index (Phi) is 4.48. The van der Waals surface area contributed by atoms with Crippen LogP contribution in [0.5, 0.6) is 0 Å². The van der Waals surface area contributed by atoms with Gasteiger partial charge in [0.1, 0.15) is 0 Å². The van der Waals surface area contributed by atoms with Gasteiger partial charge < -0.3 is 15.4 Å². The van der Waals surface area contributed by atoms with Crippen molar-refractivity contribution in [2.24, 2.45) is 11.7 Å². The number of hydrogen-bond donors (Lipinski definition) is 1. The van der Waals surface area contributed by atoms with E-state index in [9.17, 15) is 0 Å². The maximum atomic E-state index is 6.12. The number of fused-ring (bicyclic) bond motifs is 1. The fourth-order valence-electron chi connectivity index (χ4n) is 3.20. The highest BCUT2D eigenvalue weighted by Gasteiger charge is 2.37. The minimum Gasteiger partial charge on any atom is -0.382 e. The second-order valence-electron chi connectivity index (χ2n) is 5.76. The lowest BCUT2D eigenvalue weighted by atomic mass is 9.86. The summed E-state index contributed by atoms with van der Waals surface area (Å²) < 4.78 is 5.47. The second-order valence-corrected chi connectivity index (χ2v) is 5.76. The van der Waals surface area contributed by atoms with Crippen LogP contribution >= 0.6 is 0 Å². The van der Waals surface area contributed by atoms with Crippen molar-refractivity contribution in [2.75, 3.05) is 31.7 Å². The minimum atomic E-state index is -0.0838. The predicted molar refractivity (Wildman–Crippen MR) is 80.6 cm³/mol. The van der Waals surface area contributed by atoms with Gasteiger partial charge in [0.2, 0.25) is 0 Å². The van der Waals surface area contributed by atoms with Gasteiger partial charge in [-0.2, -0.15) is 0 Å². The van der Waals surface area contributed by atoms with Crippen LogP contribution in [0.2, 0.25) is 0 Å². The third kappa shape index (κ3) is 2.63. The summed E-state index contributed by atoms with van der Waals surface area (Å²) >= 11 is 0. The van der Waals surface area contributed by atoms with Crippen molar-refractivity contribution in [1.82, 2.24) is 0 Å². The minimum absolute atomic E-state index is 0.0838. The van der Waals surface area contributed by atoms with E-state index in [0.717, 1.165) is 19.4 Å². The van der Waals surface area contributed by atoms with Crippen molar-refractivity contribution >= 4 is 5.69 Å². The molecule has 3 heteroatoms. The summed E-state index contributed by atoms with van der Waals surface area (Å²) in [5, 5.41) is 0. The molecule has 0 aromatic heterocycles. The molecule has 1 heterocycles. The fraction of sp³-hybridized carbons (Fsp3) is 0.625. The lowest BCUT2D eigenvalue weighted by Crippen LogP contribution is -2.59. The van der Waals surface area contributed by atoms with Gasteiger partial charge in [-0.05, 0) is 30.4 Å². The molecule has 19 heavy (non-hydrogen) atoms. The molecule has 3 nitrogen and oxygen atoms in total. The van der Waals surface area contributed by atoms with Crippen molar-refractivity contribution < 1.29 is 4.74 Å². The number of rotatable bonds is 5. The van der Waals surface area contributed by atoms with E-state index < -0.39 is 0 Å². The topological polar surface area (TPSA) is 38.5 Å². The smallest absolute Gasteiger partial charge is 0.0754 e. The average molecular weight is 262 g/mol. The summed E-state index contributed by atoms with van der Waals surface area (Å²) in [4.78, 5) is 2.49. The maximum Gasteiger partial charge on any atom is 0.0754 e. The monoisotopic (exact) mass is 262 g/mol. The molecule has 0 radical (unpaired) electrons. The van der Waals surface area contributed by atoms with Gasteiger partial charge in [-0.3, -0.25) is 0 Å². The quantitative estimate of drug-likeness (QED) is 0.886. The van der Waals surface area contributed by atoms with Gasteiger partial charge in [0.15, 0.2) is 0 Å². The van der Waals surface area contributed by atoms with Crippen molar-refractivity contribution in [3.05, 3.63) is 29.8 Å². The Balaban J connectivity index is 2.42. The number of anilines is 1. The molecule has 106 valence electrons. The van der Waals surface area contributed by atoms with E-state index >= 15 is 0 Å². The van der Waals surface area contributed by atoms with Crippen LogP contribution in [0.25, 0.3) is 0 Å². The maximum absolute atomic E-state index is 6.12. The van der Waals surface area contributed by atoms with Crippen LogP contribution < -0.4 is 10.6 Å². The van der Waals surface area contributed by atoms with Gasteiger partial charge in [0.25, 0.3) is 0 Å². The summed E-state index contributed by atoms with van der Waals surface area (Å²) in [7, 11) is 1.76. The standard InChI is InChI=1S/C16H26N2O/c1-4-16(11-17,12-19-3)18-10-13(2)9-14-7-5-6-8-15(14)18/h5-8,13H,4,9-12,17H2,1-3H3. The number of ether oxygens (including phenoxy) is 1. The summed E-state index contributed by atoms with van der Waals surface area (Å²) in [5.74, 6) is 0.657. The van der Waals surface area contributed by atoms with Gasteiger partial charge >= 0.3 is 0 Å². The van der Waals surface area contributed by atoms with E-state index in [1.165, 1.54) is 11.3 Å². The summed E-state index contributed by atoms with van der Waals surface area (Å²) in [6, 6.07) is 8.70. The van der Waals surface area contributed by atoms with Gasteiger partial charge in [0, 0.05) is 25.9 Å². The molecule has 0 saturated carbocycles. The fourth-order valence-corrected chi connectivity index (χ4v) is 3.20. The molecule has 1 aliphatic rings. The van der Waals surface area contributed by atoms with Crippen molar-refractivity contribution in [1.29, 1.82) is 0 Å². The largest absolute Gasteiger partial charge is 0.382 e. The Bertz CT molecular complexity index is 415. The number of nitrogens with zero attached hydrogens (tertiary/aromatic N) is 1. The number of para-hydroxylation sites is 1. The van der Waals surface area contributed by atoms with E-state index in [2.05, 4.69) is 43.0 Å². The SMILES string of the molecule is CCC(CN)(COC)N1CC(C)Cc2ccccc21. The molecule has 2 atom stereocenters. The van der Waals surface area contributed by atoms with Gasteiger partial charge in [-0.1, -0.05) is 32.0 Å². The van der Waals surface area contributed by atoms with Gasteiger partial charge in [-0.15, -0.1) is 0 Å². The molecule has 1 aromatic carbocycles. The van der Waals surface area contributed by atoms with Crippen molar-refractivity contribution in [3.63, 3.8) is 0 Å². The Morgan fingerprint density at radius 3 is 2.79 bits per heavy atom. The van der Waals surface area contributed by atoms with Crippen LogP contribution in [0.3, 0.4) is 0 Å². The van der Waals surface area contributed by atoms with Crippen LogP contribution in [-0.4, -0.2) is 32.3 Å². The summed E-state index contributed by atoms with van der Waals surface area (Å²) in [6.07, 6.45) is 2.16. The molecule has 2 N–H and O–H groups in total. The molecule has 2 unspecified atom stereocenters. The molecule has 0 aliphatic carbocycles. The number of hydrogen-bond acceptors (Lipinski definition) is 3. The van der Waals surface area contributed by atoms with Gasteiger partial charge in [0.05, 0.1) is 12.1 Å². The Morgan fingerprint density at radius 1 is 1.42 bits per heavy atom. The van der Waals surface area contributed by atoms with E-state index in [-0.39, 0.29) is 5.54 Å². The Labute approximate surface area is 116 Å². The average Bonchev–Trinajstić information content (AvgIpc) is 2.44. The highest BCUT2D eigenvalue weighted by atomic mass is 16.5. The second kappa shape index (κ2) is 5.93. The zero-order valence-corrected chi connectivity index (χ0v) is 12.4. The van der Waals surface area contributed by atoms with E-state index in [1.807, 2.05) is 0 Å². The highest BCUT2D eigenvalue weighted by Crippen LogP contribution is 2.35. The predicted octanol–water partition coefficient (Wildman–Crippen LogP) is 2.44. The van der Waals surface area contributed by atoms with Crippen LogP contribution in [0.15, 0.2) is 24.3 Å². The van der Waals surface area contributed by atoms with Gasteiger partial charge in [-0.25, -0.2) is 0 Å². The third-order valence-corrected chi connectivity index (χ3v) is 4.37. The van der Waals surface area contributed by atoms with E-state index in [1.54, 1.807) is 7.11 Å². The zero-order valence-electron chi connectivity index (χ0n) is 12.4. The first-order chi connectivity index (χ1) is 9.16. The van der Waals surface area contributed by atoms with Crippen molar-refractivity contribution in [2.45, 2.75) is 32.2 Å². The van der Waals surface area contributed by atoms with E-state index in [4.69, 9.17) is 10.5 Å². The first-order valence-electron chi connectivity index (χ1n) is 7.21. The normalized spacial score (nSPS) is 21.9. The molecule has 0 spiro atoms. The molecule has 0 saturated heterocycles. The Hall–Kier alpha value is -1.06. The number of methoxy groups -OCH3 is 1. The molecular formula is C16H26N2O. The molecule has 0 amide bonds. The van der Waals surface area contributed by atoms with Crippen LogP contribution in [0, 0.1) is 5.92 Å². The van der Waals surface area contributed by atoms with Crippen LogP contribution in [0.4, 0.5) is 5.69 Å². The van der Waals surface area contributed by atoms with Crippen LogP contribution in [0.1, 0.15) is 25.8 Å². The van der Waals surface area contributed by atoms with E-state index in [0.29, 0.717) is 19.1 Å². The third-order valence-electron chi connectivity index (χ3n) is 4.37. The molecule has 2 rings (SSSR count). The lowest BCUT2D eigenvalue weighted by Gasteiger charge is -2.48. The highest BCUT2D eigenvalue weighted by molar-refractivity contribution is 5.58. The molecule has 0 bridgehead atoms. The first-order valence-corrected chi connectivity index (χ1v) is 7.21. The number of benzene rings is 1. The van der Waals surface area contributed by atoms with Crippen LogP contribution in [-0.2, 0) is 11.2 Å². The first kappa shape index (κ1) is 14.4. The van der Waals surface area contributed by atoms with Crippen molar-refractivity contribution in [3.8, 4) is 0 Å². The Morgan fingerprint density at radius 2 is 2.16 bits per heavy atom. The molecule has 0 fully saturated rings. The lowest BCUT2D eigenvalue weighted by molar-refractivity contribution is 0.124. The molecule has 1 aromatic rings. The zero-order chi connectivity index (χ0) is 13.9.